The average Bonchev–Trinajstić information content (AvgIpc) is 3.54. The standard InChI is InChI=1S/C33H30F2N6O4/c1-18(2)32-39-29(40-45-32)20-9-11-41(12-10-20)30-26-15-23(34)14-25(28(26)37-17-38-30)22-7-8-24(27(35)13-22)31(42)36-16-19-3-5-21(6-4-19)33(43)44/h3-8,13-15,17-18,20H,9-12,16H2,1-2H3,(H,36,42)(H,43,44). The highest BCUT2D eigenvalue weighted by atomic mass is 19.1. The van der Waals surface area contributed by atoms with Crippen molar-refractivity contribution in [3.8, 4) is 11.1 Å². The highest BCUT2D eigenvalue weighted by Gasteiger charge is 2.27. The summed E-state index contributed by atoms with van der Waals surface area (Å²) in [5.74, 6) is -0.781. The Morgan fingerprint density at radius 3 is 2.47 bits per heavy atom. The summed E-state index contributed by atoms with van der Waals surface area (Å²) in [5, 5.41) is 16.3. The minimum atomic E-state index is -1.05. The van der Waals surface area contributed by atoms with Gasteiger partial charge < -0.3 is 19.8 Å². The maximum Gasteiger partial charge on any atom is 0.335 e. The number of anilines is 1. The Bertz CT molecular complexity index is 1880. The van der Waals surface area contributed by atoms with Crippen LogP contribution >= 0.6 is 0 Å². The molecule has 1 aliphatic heterocycles. The van der Waals surface area contributed by atoms with Gasteiger partial charge in [0.15, 0.2) is 5.82 Å². The number of hydrogen-bond acceptors (Lipinski definition) is 8. The minimum absolute atomic E-state index is 0.0828. The zero-order valence-corrected chi connectivity index (χ0v) is 24.6. The smallest absolute Gasteiger partial charge is 0.335 e. The molecule has 2 aromatic heterocycles. The second-order valence-electron chi connectivity index (χ2n) is 11.3. The van der Waals surface area contributed by atoms with Crippen molar-refractivity contribution in [3.63, 3.8) is 0 Å². The van der Waals surface area contributed by atoms with Crippen LogP contribution < -0.4 is 10.2 Å². The van der Waals surface area contributed by atoms with Gasteiger partial charge in [0.05, 0.1) is 16.6 Å². The maximum atomic E-state index is 15.3. The van der Waals surface area contributed by atoms with E-state index in [-0.39, 0.29) is 29.5 Å². The fourth-order valence-corrected chi connectivity index (χ4v) is 5.50. The predicted octanol–water partition coefficient (Wildman–Crippen LogP) is 6.09. The third-order valence-corrected chi connectivity index (χ3v) is 7.97. The SMILES string of the molecule is CC(C)c1nc(C2CCN(c3ncnc4c(-c5ccc(C(=O)NCc6ccc(C(=O)O)cc6)c(F)c5)cc(F)cc34)CC2)no1. The van der Waals surface area contributed by atoms with Crippen LogP contribution in [0, 0.1) is 11.6 Å². The first kappa shape index (κ1) is 29.8. The van der Waals surface area contributed by atoms with E-state index in [1.807, 2.05) is 13.8 Å². The molecule has 1 saturated heterocycles. The van der Waals surface area contributed by atoms with Crippen molar-refractivity contribution in [1.29, 1.82) is 0 Å². The zero-order chi connectivity index (χ0) is 31.7. The van der Waals surface area contributed by atoms with Crippen LogP contribution in [0.5, 0.6) is 0 Å². The first-order valence-corrected chi connectivity index (χ1v) is 14.6. The van der Waals surface area contributed by atoms with Gasteiger partial charge in [-0.15, -0.1) is 0 Å². The van der Waals surface area contributed by atoms with Gasteiger partial charge in [-0.3, -0.25) is 4.79 Å². The number of carboxylic acid groups (broad SMARTS) is 1. The molecule has 3 aromatic carbocycles. The molecule has 6 rings (SSSR count). The molecule has 0 unspecified atom stereocenters. The number of hydrogen-bond donors (Lipinski definition) is 2. The number of carbonyl (C=O) groups excluding carboxylic acids is 1. The number of carbonyl (C=O) groups is 2. The molecule has 12 heteroatoms. The fourth-order valence-electron chi connectivity index (χ4n) is 5.50. The lowest BCUT2D eigenvalue weighted by Crippen LogP contribution is -2.34. The Morgan fingerprint density at radius 1 is 1.04 bits per heavy atom. The summed E-state index contributed by atoms with van der Waals surface area (Å²) in [5.41, 5.74) is 1.80. The topological polar surface area (TPSA) is 134 Å². The number of aromatic carboxylic acids is 1. The molecular formula is C33H30F2N6O4. The summed E-state index contributed by atoms with van der Waals surface area (Å²) in [6.07, 6.45) is 2.96. The van der Waals surface area contributed by atoms with E-state index in [4.69, 9.17) is 9.63 Å². The zero-order valence-electron chi connectivity index (χ0n) is 24.6. The maximum absolute atomic E-state index is 15.3. The number of halogens is 2. The Hall–Kier alpha value is -5.26. The summed E-state index contributed by atoms with van der Waals surface area (Å²) in [7, 11) is 0. The number of fused-ring (bicyclic) bond motifs is 1. The molecule has 0 spiro atoms. The molecule has 2 N–H and O–H groups in total. The van der Waals surface area contributed by atoms with Crippen molar-refractivity contribution in [2.45, 2.75) is 45.1 Å². The summed E-state index contributed by atoms with van der Waals surface area (Å²) in [4.78, 5) is 39.3. The van der Waals surface area contributed by atoms with Gasteiger partial charge in [0.1, 0.15) is 23.8 Å². The van der Waals surface area contributed by atoms with E-state index < -0.39 is 23.5 Å². The van der Waals surface area contributed by atoms with Gasteiger partial charge >= 0.3 is 5.97 Å². The number of amides is 1. The normalized spacial score (nSPS) is 13.8. The number of nitrogens with zero attached hydrogens (tertiary/aromatic N) is 5. The van der Waals surface area contributed by atoms with Crippen molar-refractivity contribution in [2.24, 2.45) is 0 Å². The molecule has 230 valence electrons. The summed E-state index contributed by atoms with van der Waals surface area (Å²) in [6, 6.07) is 12.8. The molecular weight excluding hydrogens is 582 g/mol. The third kappa shape index (κ3) is 6.21. The first-order valence-electron chi connectivity index (χ1n) is 14.6. The van der Waals surface area contributed by atoms with E-state index in [1.54, 1.807) is 18.2 Å². The Morgan fingerprint density at radius 2 is 1.80 bits per heavy atom. The lowest BCUT2D eigenvalue weighted by molar-refractivity contribution is 0.0696. The molecule has 5 aromatic rings. The van der Waals surface area contributed by atoms with Gasteiger partial charge in [-0.05, 0) is 60.4 Å². The van der Waals surface area contributed by atoms with E-state index in [0.29, 0.717) is 58.2 Å². The average molecular weight is 613 g/mol. The Labute approximate surface area is 257 Å². The minimum Gasteiger partial charge on any atom is -0.478 e. The van der Waals surface area contributed by atoms with Gasteiger partial charge in [0, 0.05) is 42.4 Å². The molecule has 3 heterocycles. The van der Waals surface area contributed by atoms with Crippen LogP contribution in [-0.2, 0) is 6.54 Å². The van der Waals surface area contributed by atoms with Crippen LogP contribution in [0.1, 0.15) is 76.5 Å². The van der Waals surface area contributed by atoms with Crippen molar-refractivity contribution in [1.82, 2.24) is 25.4 Å². The molecule has 0 atom stereocenters. The predicted molar refractivity (Wildman–Crippen MR) is 162 cm³/mol. The van der Waals surface area contributed by atoms with E-state index in [1.165, 1.54) is 42.7 Å². The van der Waals surface area contributed by atoms with Gasteiger partial charge in [-0.1, -0.05) is 37.2 Å². The molecule has 0 bridgehead atoms. The van der Waals surface area contributed by atoms with Crippen molar-refractivity contribution in [2.75, 3.05) is 18.0 Å². The molecule has 45 heavy (non-hydrogen) atoms. The second-order valence-corrected chi connectivity index (χ2v) is 11.3. The lowest BCUT2D eigenvalue weighted by Gasteiger charge is -2.32. The van der Waals surface area contributed by atoms with Gasteiger partial charge in [0.2, 0.25) is 5.89 Å². The summed E-state index contributed by atoms with van der Waals surface area (Å²) in [6.45, 7) is 5.38. The van der Waals surface area contributed by atoms with Crippen molar-refractivity contribution >= 4 is 28.6 Å². The number of piperidine rings is 1. The summed E-state index contributed by atoms with van der Waals surface area (Å²) >= 11 is 0. The molecule has 0 saturated carbocycles. The van der Waals surface area contributed by atoms with Gasteiger partial charge in [-0.25, -0.2) is 23.5 Å². The quantitative estimate of drug-likeness (QED) is 0.213. The van der Waals surface area contributed by atoms with Crippen molar-refractivity contribution in [3.05, 3.63) is 101 Å². The third-order valence-electron chi connectivity index (χ3n) is 7.97. The molecule has 1 fully saturated rings. The van der Waals surface area contributed by atoms with Crippen LogP contribution in [0.15, 0.2) is 65.4 Å². The number of nitrogens with one attached hydrogen (secondary N) is 1. The molecule has 1 aliphatic rings. The highest BCUT2D eigenvalue weighted by molar-refractivity contribution is 6.00. The monoisotopic (exact) mass is 612 g/mol. The molecule has 1 amide bonds. The first-order chi connectivity index (χ1) is 21.7. The van der Waals surface area contributed by atoms with E-state index >= 15 is 8.78 Å². The number of rotatable bonds is 8. The molecule has 0 radical (unpaired) electrons. The van der Waals surface area contributed by atoms with Crippen LogP contribution in [-0.4, -0.2) is 50.2 Å². The second kappa shape index (κ2) is 12.4. The lowest BCUT2D eigenvalue weighted by atomic mass is 9.95. The fraction of sp³-hybridized carbons (Fsp3) is 0.273. The van der Waals surface area contributed by atoms with E-state index in [2.05, 4.69) is 30.3 Å². The summed E-state index contributed by atoms with van der Waals surface area (Å²) < 4.78 is 35.7. The van der Waals surface area contributed by atoms with E-state index in [9.17, 15) is 9.59 Å². The molecule has 0 aliphatic carbocycles. The molecule has 10 nitrogen and oxygen atoms in total. The van der Waals surface area contributed by atoms with Crippen molar-refractivity contribution < 1.29 is 28.0 Å². The highest BCUT2D eigenvalue weighted by Crippen LogP contribution is 2.36. The number of benzene rings is 3. The van der Waals surface area contributed by atoms with E-state index in [0.717, 1.165) is 12.8 Å². The largest absolute Gasteiger partial charge is 0.478 e. The number of aromatic nitrogens is 4. The van der Waals surface area contributed by atoms with Gasteiger partial charge in [-0.2, -0.15) is 4.98 Å². The van der Waals surface area contributed by atoms with Gasteiger partial charge in [0.25, 0.3) is 5.91 Å². The van der Waals surface area contributed by atoms with Crippen LogP contribution in [0.2, 0.25) is 0 Å². The number of carboxylic acids is 1. The Balaban J connectivity index is 1.20. The van der Waals surface area contributed by atoms with Crippen LogP contribution in [0.4, 0.5) is 14.6 Å². The van der Waals surface area contributed by atoms with Crippen LogP contribution in [0.3, 0.4) is 0 Å². The Kier molecular flexibility index (Phi) is 8.20. The van der Waals surface area contributed by atoms with Crippen LogP contribution in [0.25, 0.3) is 22.0 Å².